The van der Waals surface area contributed by atoms with Crippen molar-refractivity contribution in [2.24, 2.45) is 11.5 Å². The van der Waals surface area contributed by atoms with Gasteiger partial charge < -0.3 is 11.5 Å². The Morgan fingerprint density at radius 2 is 1.81 bits per heavy atom. The largest absolute Gasteiger partial charge is 0.330 e. The topological polar surface area (TPSA) is 52.0 Å². The highest BCUT2D eigenvalue weighted by Gasteiger charge is 2.07. The average Bonchev–Trinajstić information content (AvgIpc) is 2.22. The van der Waals surface area contributed by atoms with E-state index in [1.807, 2.05) is 6.07 Å². The fraction of sp³-hybridized carbons (Fsp3) is 0.455. The normalized spacial score (nSPS) is 12.0. The molecule has 0 heterocycles. The molecule has 0 amide bonds. The minimum atomic E-state index is 0. The predicted molar refractivity (Wildman–Crippen MR) is 78.9 cm³/mol. The summed E-state index contributed by atoms with van der Waals surface area (Å²) in [5.74, 6) is 0. The Morgan fingerprint density at radius 3 is 2.38 bits per heavy atom. The second kappa shape index (κ2) is 8.48. The molecule has 0 bridgehead atoms. The number of hydrogen-bond donors (Lipinski definition) is 2. The van der Waals surface area contributed by atoms with Crippen LogP contribution in [0.25, 0.3) is 0 Å². The van der Waals surface area contributed by atoms with Gasteiger partial charge in [0.05, 0.1) is 0 Å². The fourth-order valence-corrected chi connectivity index (χ4v) is 2.06. The SMILES string of the molecule is Cl.NCCCC[C@H](N)c1ccc(Br)c(Br)c1. The first-order valence-electron chi connectivity index (χ1n) is 5.05. The number of rotatable bonds is 5. The minimum Gasteiger partial charge on any atom is -0.330 e. The molecule has 0 aliphatic rings. The van der Waals surface area contributed by atoms with E-state index in [0.717, 1.165) is 34.8 Å². The van der Waals surface area contributed by atoms with E-state index < -0.39 is 0 Å². The van der Waals surface area contributed by atoms with Crippen LogP contribution in [-0.4, -0.2) is 6.54 Å². The molecule has 0 saturated heterocycles. The third-order valence-electron chi connectivity index (χ3n) is 2.34. The molecule has 0 unspecified atom stereocenters. The van der Waals surface area contributed by atoms with Gasteiger partial charge in [-0.2, -0.15) is 0 Å². The van der Waals surface area contributed by atoms with Crippen molar-refractivity contribution in [1.82, 2.24) is 0 Å². The van der Waals surface area contributed by atoms with Crippen molar-refractivity contribution in [1.29, 1.82) is 0 Å². The van der Waals surface area contributed by atoms with Crippen LogP contribution in [0.5, 0.6) is 0 Å². The van der Waals surface area contributed by atoms with Gasteiger partial charge in [-0.1, -0.05) is 12.5 Å². The van der Waals surface area contributed by atoms with E-state index >= 15 is 0 Å². The Bertz CT molecular complexity index is 321. The summed E-state index contributed by atoms with van der Waals surface area (Å²) >= 11 is 6.91. The average molecular weight is 373 g/mol. The zero-order valence-electron chi connectivity index (χ0n) is 8.96. The molecule has 1 aromatic carbocycles. The molecule has 0 saturated carbocycles. The van der Waals surface area contributed by atoms with Crippen molar-refractivity contribution < 1.29 is 0 Å². The summed E-state index contributed by atoms with van der Waals surface area (Å²) < 4.78 is 2.11. The number of nitrogens with two attached hydrogens (primary N) is 2. The molecule has 0 aromatic heterocycles. The summed E-state index contributed by atoms with van der Waals surface area (Å²) in [6.07, 6.45) is 3.13. The summed E-state index contributed by atoms with van der Waals surface area (Å²) in [4.78, 5) is 0. The van der Waals surface area contributed by atoms with Crippen LogP contribution in [0, 0.1) is 0 Å². The second-order valence-corrected chi connectivity index (χ2v) is 5.27. The van der Waals surface area contributed by atoms with Crippen molar-refractivity contribution >= 4 is 44.3 Å². The van der Waals surface area contributed by atoms with Crippen LogP contribution in [0.3, 0.4) is 0 Å². The number of benzene rings is 1. The van der Waals surface area contributed by atoms with E-state index in [0.29, 0.717) is 0 Å². The van der Waals surface area contributed by atoms with Gasteiger partial charge in [0.1, 0.15) is 0 Å². The highest BCUT2D eigenvalue weighted by Crippen LogP contribution is 2.27. The van der Waals surface area contributed by atoms with E-state index in [1.165, 1.54) is 5.56 Å². The first-order valence-corrected chi connectivity index (χ1v) is 6.64. The maximum absolute atomic E-state index is 6.08. The van der Waals surface area contributed by atoms with Gasteiger partial charge in [-0.25, -0.2) is 0 Å². The molecule has 0 fully saturated rings. The molecular weight excluding hydrogens is 355 g/mol. The van der Waals surface area contributed by atoms with Gasteiger partial charge in [0, 0.05) is 15.0 Å². The second-order valence-electron chi connectivity index (χ2n) is 3.56. The molecule has 1 atom stereocenters. The Labute approximate surface area is 120 Å². The quantitative estimate of drug-likeness (QED) is 0.773. The van der Waals surface area contributed by atoms with Crippen molar-refractivity contribution in [2.75, 3.05) is 6.54 Å². The van der Waals surface area contributed by atoms with Gasteiger partial charge >= 0.3 is 0 Å². The molecule has 0 aliphatic carbocycles. The summed E-state index contributed by atoms with van der Waals surface area (Å²) in [5.41, 5.74) is 12.7. The van der Waals surface area contributed by atoms with Gasteiger partial charge in [-0.3, -0.25) is 0 Å². The first kappa shape index (κ1) is 16.4. The first-order chi connectivity index (χ1) is 7.15. The van der Waals surface area contributed by atoms with Crippen LogP contribution in [0.4, 0.5) is 0 Å². The van der Waals surface area contributed by atoms with Gasteiger partial charge in [0.25, 0.3) is 0 Å². The van der Waals surface area contributed by atoms with Gasteiger partial charge in [0.2, 0.25) is 0 Å². The maximum atomic E-state index is 6.08. The van der Waals surface area contributed by atoms with E-state index in [1.54, 1.807) is 0 Å². The maximum Gasteiger partial charge on any atom is 0.0320 e. The molecule has 0 radical (unpaired) electrons. The lowest BCUT2D eigenvalue weighted by Gasteiger charge is -2.12. The minimum absolute atomic E-state index is 0. The van der Waals surface area contributed by atoms with Crippen molar-refractivity contribution in [3.05, 3.63) is 32.7 Å². The van der Waals surface area contributed by atoms with Crippen LogP contribution in [-0.2, 0) is 0 Å². The molecule has 0 spiro atoms. The standard InChI is InChI=1S/C11H16Br2N2.ClH/c12-9-5-4-8(7-10(9)13)11(15)3-1-2-6-14;/h4-5,7,11H,1-3,6,14-15H2;1H/t11-;/m0./s1. The molecule has 1 rings (SSSR count). The molecule has 0 aliphatic heterocycles. The monoisotopic (exact) mass is 370 g/mol. The van der Waals surface area contributed by atoms with Crippen molar-refractivity contribution in [2.45, 2.75) is 25.3 Å². The smallest absolute Gasteiger partial charge is 0.0320 e. The van der Waals surface area contributed by atoms with E-state index in [-0.39, 0.29) is 18.4 Å². The molecule has 2 nitrogen and oxygen atoms in total. The van der Waals surface area contributed by atoms with Gasteiger partial charge in [-0.15, -0.1) is 12.4 Å². The lowest BCUT2D eigenvalue weighted by molar-refractivity contribution is 0.591. The van der Waals surface area contributed by atoms with E-state index in [9.17, 15) is 0 Å². The number of unbranched alkanes of at least 4 members (excludes halogenated alkanes) is 1. The summed E-state index contributed by atoms with van der Waals surface area (Å²) in [6.45, 7) is 0.747. The Hall–Kier alpha value is 0.390. The summed E-state index contributed by atoms with van der Waals surface area (Å²) in [6, 6.07) is 6.25. The van der Waals surface area contributed by atoms with Crippen LogP contribution in [0.1, 0.15) is 30.9 Å². The van der Waals surface area contributed by atoms with Gasteiger partial charge in [-0.05, 0) is 68.9 Å². The van der Waals surface area contributed by atoms with E-state index in [4.69, 9.17) is 11.5 Å². The third-order valence-corrected chi connectivity index (χ3v) is 4.22. The molecule has 16 heavy (non-hydrogen) atoms. The van der Waals surface area contributed by atoms with Crippen LogP contribution < -0.4 is 11.5 Å². The molecule has 1 aromatic rings. The van der Waals surface area contributed by atoms with Gasteiger partial charge in [0.15, 0.2) is 0 Å². The lowest BCUT2D eigenvalue weighted by Crippen LogP contribution is -2.11. The van der Waals surface area contributed by atoms with Crippen LogP contribution in [0.15, 0.2) is 27.1 Å². The van der Waals surface area contributed by atoms with Crippen LogP contribution in [0.2, 0.25) is 0 Å². The zero-order chi connectivity index (χ0) is 11.3. The number of hydrogen-bond acceptors (Lipinski definition) is 2. The predicted octanol–water partition coefficient (Wildman–Crippen LogP) is 3.76. The molecule has 92 valence electrons. The Balaban J connectivity index is 0.00000225. The Kier molecular flexibility index (Phi) is 8.68. The van der Waals surface area contributed by atoms with Crippen molar-refractivity contribution in [3.63, 3.8) is 0 Å². The molecule has 4 N–H and O–H groups in total. The lowest BCUT2D eigenvalue weighted by atomic mass is 10.0. The summed E-state index contributed by atoms with van der Waals surface area (Å²) in [5, 5.41) is 0. The highest BCUT2D eigenvalue weighted by molar-refractivity contribution is 9.13. The van der Waals surface area contributed by atoms with Crippen LogP contribution >= 0.6 is 44.3 Å². The molecule has 5 heteroatoms. The zero-order valence-corrected chi connectivity index (χ0v) is 12.9. The van der Waals surface area contributed by atoms with Crippen molar-refractivity contribution in [3.8, 4) is 0 Å². The molecular formula is C11H17Br2ClN2. The summed E-state index contributed by atoms with van der Waals surface area (Å²) in [7, 11) is 0. The fourth-order valence-electron chi connectivity index (χ4n) is 1.42. The Morgan fingerprint density at radius 1 is 1.12 bits per heavy atom. The highest BCUT2D eigenvalue weighted by atomic mass is 79.9. The third kappa shape index (κ3) is 5.15. The number of halogens is 3. The van der Waals surface area contributed by atoms with E-state index in [2.05, 4.69) is 44.0 Å².